The largest absolute Gasteiger partial charge is 0.423 e. The zero-order chi connectivity index (χ0) is 12.6. The van der Waals surface area contributed by atoms with Gasteiger partial charge in [0.1, 0.15) is 0 Å². The molecule has 1 aromatic rings. The van der Waals surface area contributed by atoms with Crippen LogP contribution in [0.1, 0.15) is 15.9 Å². The van der Waals surface area contributed by atoms with E-state index in [1.807, 2.05) is 0 Å². The molecule has 0 heterocycles. The SMILES string of the molecule is NC(=O)c1ccc(C(N)(N)C(F)(F)F)cc1. The van der Waals surface area contributed by atoms with Crippen LogP contribution in [-0.4, -0.2) is 12.1 Å². The minimum atomic E-state index is -4.78. The first kappa shape index (κ1) is 12.5. The van der Waals surface area contributed by atoms with Gasteiger partial charge in [-0.15, -0.1) is 0 Å². The monoisotopic (exact) mass is 233 g/mol. The zero-order valence-electron chi connectivity index (χ0n) is 8.08. The van der Waals surface area contributed by atoms with Crippen LogP contribution in [0, 0.1) is 0 Å². The Balaban J connectivity index is 3.11. The molecule has 0 saturated heterocycles. The first-order valence-electron chi connectivity index (χ1n) is 4.21. The van der Waals surface area contributed by atoms with Crippen LogP contribution in [0.3, 0.4) is 0 Å². The number of carbonyl (C=O) groups is 1. The number of carbonyl (C=O) groups excluding carboxylic acids is 1. The number of hydrogen-bond donors (Lipinski definition) is 3. The highest BCUT2D eigenvalue weighted by Crippen LogP contribution is 2.32. The molecule has 0 aliphatic rings. The average molecular weight is 233 g/mol. The lowest BCUT2D eigenvalue weighted by atomic mass is 9.99. The van der Waals surface area contributed by atoms with Crippen LogP contribution in [0.2, 0.25) is 0 Å². The van der Waals surface area contributed by atoms with Crippen LogP contribution in [0.4, 0.5) is 13.2 Å². The van der Waals surface area contributed by atoms with Gasteiger partial charge in [0.05, 0.1) is 0 Å². The van der Waals surface area contributed by atoms with Crippen LogP contribution in [0.5, 0.6) is 0 Å². The van der Waals surface area contributed by atoms with E-state index in [1.165, 1.54) is 0 Å². The number of halogens is 3. The Hall–Kier alpha value is -1.60. The zero-order valence-corrected chi connectivity index (χ0v) is 8.08. The van der Waals surface area contributed by atoms with Crippen LogP contribution < -0.4 is 17.2 Å². The maximum absolute atomic E-state index is 12.4. The quantitative estimate of drug-likeness (QED) is 0.646. The minimum absolute atomic E-state index is 0.0849. The van der Waals surface area contributed by atoms with Gasteiger partial charge in [-0.2, -0.15) is 13.2 Å². The third-order valence-corrected chi connectivity index (χ3v) is 2.12. The normalized spacial score (nSPS) is 12.6. The fraction of sp³-hybridized carbons (Fsp3) is 0.222. The van der Waals surface area contributed by atoms with E-state index in [0.29, 0.717) is 0 Å². The minimum Gasteiger partial charge on any atom is -0.366 e. The molecule has 0 saturated carbocycles. The smallest absolute Gasteiger partial charge is 0.366 e. The Labute approximate surface area is 89.2 Å². The summed E-state index contributed by atoms with van der Waals surface area (Å²) in [7, 11) is 0. The molecular weight excluding hydrogens is 223 g/mol. The van der Waals surface area contributed by atoms with Gasteiger partial charge in [0.15, 0.2) is 5.66 Å². The topological polar surface area (TPSA) is 95.1 Å². The third kappa shape index (κ3) is 2.15. The summed E-state index contributed by atoms with van der Waals surface area (Å²) >= 11 is 0. The summed E-state index contributed by atoms with van der Waals surface area (Å²) in [6.45, 7) is 0. The number of nitrogens with two attached hydrogens (primary N) is 3. The second kappa shape index (κ2) is 3.76. The van der Waals surface area contributed by atoms with E-state index in [2.05, 4.69) is 0 Å². The Morgan fingerprint density at radius 3 is 1.81 bits per heavy atom. The first-order chi connectivity index (χ1) is 7.16. The molecule has 0 atom stereocenters. The van der Waals surface area contributed by atoms with Crippen molar-refractivity contribution in [2.24, 2.45) is 17.2 Å². The van der Waals surface area contributed by atoms with Crippen molar-refractivity contribution in [3.63, 3.8) is 0 Å². The van der Waals surface area contributed by atoms with Crippen LogP contribution in [0.25, 0.3) is 0 Å². The van der Waals surface area contributed by atoms with Crippen molar-refractivity contribution >= 4 is 5.91 Å². The van der Waals surface area contributed by atoms with Gasteiger partial charge >= 0.3 is 6.18 Å². The van der Waals surface area contributed by atoms with E-state index in [9.17, 15) is 18.0 Å². The van der Waals surface area contributed by atoms with Crippen molar-refractivity contribution in [2.75, 3.05) is 0 Å². The predicted octanol–water partition coefficient (Wildman–Crippen LogP) is 0.418. The van der Waals surface area contributed by atoms with Crippen molar-refractivity contribution in [1.82, 2.24) is 0 Å². The lowest BCUT2D eigenvalue weighted by Gasteiger charge is -2.27. The van der Waals surface area contributed by atoms with Gasteiger partial charge < -0.3 is 17.2 Å². The summed E-state index contributed by atoms with van der Waals surface area (Å²) in [5.41, 5.74) is 11.7. The molecule has 16 heavy (non-hydrogen) atoms. The summed E-state index contributed by atoms with van der Waals surface area (Å²) in [5.74, 6) is -0.738. The second-order valence-electron chi connectivity index (χ2n) is 3.31. The van der Waals surface area contributed by atoms with E-state index >= 15 is 0 Å². The number of rotatable bonds is 2. The molecule has 1 amide bonds. The fourth-order valence-corrected chi connectivity index (χ4v) is 1.07. The molecule has 88 valence electrons. The molecule has 0 aromatic heterocycles. The maximum atomic E-state index is 12.4. The van der Waals surface area contributed by atoms with E-state index in [-0.39, 0.29) is 11.1 Å². The second-order valence-corrected chi connectivity index (χ2v) is 3.31. The number of alkyl halides is 3. The van der Waals surface area contributed by atoms with E-state index in [0.717, 1.165) is 24.3 Å². The van der Waals surface area contributed by atoms with Crippen molar-refractivity contribution in [2.45, 2.75) is 11.8 Å². The van der Waals surface area contributed by atoms with Crippen molar-refractivity contribution in [1.29, 1.82) is 0 Å². The molecule has 0 bridgehead atoms. The number of amides is 1. The van der Waals surface area contributed by atoms with Crippen molar-refractivity contribution < 1.29 is 18.0 Å². The van der Waals surface area contributed by atoms with Gasteiger partial charge in [0, 0.05) is 5.56 Å². The molecule has 1 aromatic carbocycles. The number of benzene rings is 1. The predicted molar refractivity (Wildman–Crippen MR) is 51.1 cm³/mol. The van der Waals surface area contributed by atoms with Crippen molar-refractivity contribution in [3.05, 3.63) is 35.4 Å². The Kier molecular flexibility index (Phi) is 2.93. The molecule has 6 N–H and O–H groups in total. The summed E-state index contributed by atoms with van der Waals surface area (Å²) in [6.07, 6.45) is -4.78. The molecule has 0 unspecified atom stereocenters. The molecule has 0 fully saturated rings. The van der Waals surface area contributed by atoms with Gasteiger partial charge in [0.2, 0.25) is 5.91 Å². The molecule has 4 nitrogen and oxygen atoms in total. The highest BCUT2D eigenvalue weighted by molar-refractivity contribution is 5.92. The van der Waals surface area contributed by atoms with Crippen LogP contribution >= 0.6 is 0 Å². The lowest BCUT2D eigenvalue weighted by Crippen LogP contribution is -2.57. The summed E-state index contributed by atoms with van der Waals surface area (Å²) < 4.78 is 37.3. The average Bonchev–Trinajstić information content (AvgIpc) is 2.16. The molecule has 7 heteroatoms. The maximum Gasteiger partial charge on any atom is 0.423 e. The highest BCUT2D eigenvalue weighted by Gasteiger charge is 2.50. The van der Waals surface area contributed by atoms with Gasteiger partial charge in [-0.25, -0.2) is 0 Å². The Bertz CT molecular complexity index is 397. The van der Waals surface area contributed by atoms with E-state index < -0.39 is 17.7 Å². The Morgan fingerprint density at radius 1 is 1.06 bits per heavy atom. The molecule has 0 aliphatic carbocycles. The van der Waals surface area contributed by atoms with Gasteiger partial charge in [0.25, 0.3) is 0 Å². The van der Waals surface area contributed by atoms with Crippen molar-refractivity contribution in [3.8, 4) is 0 Å². The van der Waals surface area contributed by atoms with E-state index in [4.69, 9.17) is 17.2 Å². The lowest BCUT2D eigenvalue weighted by molar-refractivity contribution is -0.188. The summed E-state index contributed by atoms with van der Waals surface area (Å²) in [6, 6.07) is 4.32. The van der Waals surface area contributed by atoms with Crippen LogP contribution in [0.15, 0.2) is 24.3 Å². The van der Waals surface area contributed by atoms with E-state index in [1.54, 1.807) is 0 Å². The summed E-state index contributed by atoms with van der Waals surface area (Å²) in [5, 5.41) is 0. The molecule has 0 aliphatic heterocycles. The molecular formula is C9H10F3N3O. The number of primary amides is 1. The van der Waals surface area contributed by atoms with Gasteiger partial charge in [-0.05, 0) is 17.7 Å². The highest BCUT2D eigenvalue weighted by atomic mass is 19.4. The van der Waals surface area contributed by atoms with Gasteiger partial charge in [-0.1, -0.05) is 12.1 Å². The van der Waals surface area contributed by atoms with Crippen LogP contribution in [-0.2, 0) is 5.66 Å². The molecule has 0 spiro atoms. The Morgan fingerprint density at radius 2 is 1.50 bits per heavy atom. The summed E-state index contributed by atoms with van der Waals surface area (Å²) in [4.78, 5) is 10.7. The molecule has 1 rings (SSSR count). The number of hydrogen-bond acceptors (Lipinski definition) is 3. The van der Waals surface area contributed by atoms with Gasteiger partial charge in [-0.3, -0.25) is 4.79 Å². The first-order valence-corrected chi connectivity index (χ1v) is 4.21. The third-order valence-electron chi connectivity index (χ3n) is 2.12. The fourth-order valence-electron chi connectivity index (χ4n) is 1.07. The molecule has 0 radical (unpaired) electrons. The standard InChI is InChI=1S/C9H10F3N3O/c10-9(11,12)8(14,15)6-3-1-5(2-4-6)7(13)16/h1-4H,14-15H2,(H2,13,16).